The molecule has 8 heteroatoms. The van der Waals surface area contributed by atoms with E-state index < -0.39 is 17.5 Å². The van der Waals surface area contributed by atoms with Crippen molar-refractivity contribution in [1.29, 1.82) is 0 Å². The maximum atomic E-state index is 14.3. The summed E-state index contributed by atoms with van der Waals surface area (Å²) in [6.45, 7) is 1.65. The molecule has 0 radical (unpaired) electrons. The lowest BCUT2D eigenvalue weighted by Gasteiger charge is -2.34. The molecule has 0 atom stereocenters. The minimum Gasteiger partial charge on any atom is -0.358 e. The van der Waals surface area contributed by atoms with Crippen LogP contribution in [0.1, 0.15) is 16.7 Å². The van der Waals surface area contributed by atoms with Gasteiger partial charge in [0, 0.05) is 35.6 Å². The monoisotopic (exact) mass is 537 g/mol. The molecule has 1 aliphatic rings. The third-order valence-corrected chi connectivity index (χ3v) is 6.87. The summed E-state index contributed by atoms with van der Waals surface area (Å²) < 4.78 is 0. The van der Waals surface area contributed by atoms with Crippen molar-refractivity contribution in [2.45, 2.75) is 5.54 Å². The van der Waals surface area contributed by atoms with Crippen LogP contribution in [-0.2, 0) is 10.3 Å². The van der Waals surface area contributed by atoms with E-state index in [4.69, 9.17) is 11.6 Å². The molecule has 7 nitrogen and oxygen atoms in total. The minimum absolute atomic E-state index is 0.408. The fourth-order valence-corrected chi connectivity index (χ4v) is 4.77. The molecular formula is C31H28ClN5O2. The van der Waals surface area contributed by atoms with Gasteiger partial charge in [-0.15, -0.1) is 0 Å². The fraction of sp³-hybridized carbons (Fsp3) is 0.129. The second kappa shape index (κ2) is 11.4. The van der Waals surface area contributed by atoms with Crippen molar-refractivity contribution in [3.8, 4) is 0 Å². The van der Waals surface area contributed by atoms with Crippen molar-refractivity contribution in [2.24, 2.45) is 4.99 Å². The summed E-state index contributed by atoms with van der Waals surface area (Å²) in [6.07, 6.45) is 0. The lowest BCUT2D eigenvalue weighted by atomic mass is 9.81. The van der Waals surface area contributed by atoms with Crippen molar-refractivity contribution in [2.75, 3.05) is 30.8 Å². The van der Waals surface area contributed by atoms with Crippen LogP contribution < -0.4 is 16.0 Å². The molecule has 39 heavy (non-hydrogen) atoms. The Kier molecular flexibility index (Phi) is 7.61. The van der Waals surface area contributed by atoms with Gasteiger partial charge in [0.25, 0.3) is 5.91 Å². The molecular weight excluding hydrogens is 510 g/mol. The van der Waals surface area contributed by atoms with Crippen LogP contribution in [0.5, 0.6) is 0 Å². The van der Waals surface area contributed by atoms with Crippen molar-refractivity contribution in [3.63, 3.8) is 0 Å². The number of halogens is 1. The highest BCUT2D eigenvalue weighted by Gasteiger charge is 2.44. The van der Waals surface area contributed by atoms with Gasteiger partial charge in [0.2, 0.25) is 0 Å². The van der Waals surface area contributed by atoms with Gasteiger partial charge in [-0.05, 0) is 59.7 Å². The number of amidine groups is 1. The molecule has 1 heterocycles. The number of anilines is 2. The van der Waals surface area contributed by atoms with E-state index >= 15 is 0 Å². The number of likely N-dealkylation sites (N-methyl/N-ethyl adjacent to an activating group) is 1. The fourth-order valence-electron chi connectivity index (χ4n) is 4.64. The Morgan fingerprint density at radius 3 is 1.85 bits per heavy atom. The van der Waals surface area contributed by atoms with Crippen LogP contribution in [0.4, 0.5) is 16.2 Å². The van der Waals surface area contributed by atoms with Gasteiger partial charge in [0.15, 0.2) is 5.54 Å². The molecule has 5 rings (SSSR count). The average molecular weight is 538 g/mol. The average Bonchev–Trinajstić information content (AvgIpc) is 3.40. The number of hydrogen-bond acceptors (Lipinski definition) is 4. The normalized spacial score (nSPS) is 13.0. The first-order valence-electron chi connectivity index (χ1n) is 12.6. The Morgan fingerprint density at radius 1 is 0.769 bits per heavy atom. The third kappa shape index (κ3) is 5.63. The van der Waals surface area contributed by atoms with Crippen LogP contribution in [0.2, 0.25) is 5.02 Å². The number of carbonyl (C=O) groups is 2. The maximum Gasteiger partial charge on any atom is 0.320 e. The lowest BCUT2D eigenvalue weighted by Crippen LogP contribution is -2.56. The zero-order valence-electron chi connectivity index (χ0n) is 21.4. The summed E-state index contributed by atoms with van der Waals surface area (Å²) in [7, 11) is 2.01. The van der Waals surface area contributed by atoms with Crippen LogP contribution in [-0.4, -0.2) is 42.8 Å². The molecule has 0 aromatic heterocycles. The van der Waals surface area contributed by atoms with E-state index in [9.17, 15) is 9.59 Å². The maximum absolute atomic E-state index is 14.3. The van der Waals surface area contributed by atoms with Crippen molar-refractivity contribution in [1.82, 2.24) is 10.2 Å². The second-order valence-corrected chi connectivity index (χ2v) is 9.66. The van der Waals surface area contributed by atoms with E-state index in [0.717, 1.165) is 24.5 Å². The molecule has 4 aromatic carbocycles. The molecule has 4 aromatic rings. The van der Waals surface area contributed by atoms with Gasteiger partial charge in [-0.2, -0.15) is 0 Å². The van der Waals surface area contributed by atoms with E-state index in [2.05, 4.69) is 25.8 Å². The van der Waals surface area contributed by atoms with Crippen LogP contribution in [0.25, 0.3) is 0 Å². The molecule has 0 unspecified atom stereocenters. The SMILES string of the molecule is CN1CCN=C1c1ccc(NC(=O)C(NC(=O)Nc2ccc(Cl)cc2)(c2ccccc2)c2ccccc2)cc1. The largest absolute Gasteiger partial charge is 0.358 e. The highest BCUT2D eigenvalue weighted by Crippen LogP contribution is 2.32. The van der Waals surface area contributed by atoms with Gasteiger partial charge in [0.05, 0.1) is 6.54 Å². The molecule has 3 N–H and O–H groups in total. The zero-order chi connectivity index (χ0) is 27.2. The number of aliphatic imine (C=N–C) groups is 1. The van der Waals surface area contributed by atoms with Gasteiger partial charge in [0.1, 0.15) is 5.84 Å². The number of benzene rings is 4. The molecule has 196 valence electrons. The summed E-state index contributed by atoms with van der Waals surface area (Å²) in [6, 6.07) is 32.2. The topological polar surface area (TPSA) is 85.8 Å². The Balaban J connectivity index is 1.50. The smallest absolute Gasteiger partial charge is 0.320 e. The number of carbonyl (C=O) groups excluding carboxylic acids is 2. The number of rotatable bonds is 7. The first kappa shape index (κ1) is 26.0. The molecule has 0 bridgehead atoms. The second-order valence-electron chi connectivity index (χ2n) is 9.23. The number of hydrogen-bond donors (Lipinski definition) is 3. The molecule has 0 saturated carbocycles. The first-order valence-corrected chi connectivity index (χ1v) is 13.0. The van der Waals surface area contributed by atoms with Gasteiger partial charge in [-0.1, -0.05) is 72.3 Å². The summed E-state index contributed by atoms with van der Waals surface area (Å²) in [5, 5.41) is 9.40. The first-order chi connectivity index (χ1) is 19.0. The van der Waals surface area contributed by atoms with Crippen molar-refractivity contribution >= 4 is 40.7 Å². The Hall–Kier alpha value is -4.62. The zero-order valence-corrected chi connectivity index (χ0v) is 22.2. The Morgan fingerprint density at radius 2 is 1.31 bits per heavy atom. The number of urea groups is 1. The summed E-state index contributed by atoms with van der Waals surface area (Å²) in [4.78, 5) is 34.3. The highest BCUT2D eigenvalue weighted by molar-refractivity contribution is 6.30. The Bertz CT molecular complexity index is 1430. The van der Waals surface area contributed by atoms with Gasteiger partial charge >= 0.3 is 6.03 Å². The third-order valence-electron chi connectivity index (χ3n) is 6.62. The van der Waals surface area contributed by atoms with Crippen LogP contribution in [0.15, 0.2) is 114 Å². The van der Waals surface area contributed by atoms with Crippen LogP contribution in [0, 0.1) is 0 Å². The van der Waals surface area contributed by atoms with Crippen molar-refractivity contribution < 1.29 is 9.59 Å². The number of amides is 3. The highest BCUT2D eigenvalue weighted by atomic mass is 35.5. The van der Waals surface area contributed by atoms with Crippen LogP contribution >= 0.6 is 11.6 Å². The quantitative estimate of drug-likeness (QED) is 0.281. The summed E-state index contributed by atoms with van der Waals surface area (Å²) in [5.41, 5.74) is 1.81. The predicted octanol–water partition coefficient (Wildman–Crippen LogP) is 5.74. The minimum atomic E-state index is -1.53. The van der Waals surface area contributed by atoms with E-state index in [1.54, 1.807) is 24.3 Å². The van der Waals surface area contributed by atoms with Gasteiger partial charge < -0.3 is 20.9 Å². The summed E-state index contributed by atoms with van der Waals surface area (Å²) >= 11 is 6.00. The Labute approximate surface area is 232 Å². The molecule has 0 aliphatic carbocycles. The molecule has 0 fully saturated rings. The van der Waals surface area contributed by atoms with E-state index in [1.165, 1.54) is 0 Å². The molecule has 3 amide bonds. The van der Waals surface area contributed by atoms with Crippen LogP contribution in [0.3, 0.4) is 0 Å². The standard InChI is InChI=1S/C31H28ClN5O2/c1-37-21-20-33-28(37)22-12-16-26(17-13-22)34-29(38)31(23-8-4-2-5-9-23,24-10-6-3-7-11-24)36-30(39)35-27-18-14-25(32)15-19-27/h2-19H,20-21H2,1H3,(H,34,38)(H2,35,36,39). The van der Waals surface area contributed by atoms with E-state index in [-0.39, 0.29) is 0 Å². The number of nitrogens with one attached hydrogen (secondary N) is 3. The van der Waals surface area contributed by atoms with E-state index in [0.29, 0.717) is 27.5 Å². The summed E-state index contributed by atoms with van der Waals surface area (Å²) in [5.74, 6) is 0.519. The lowest BCUT2D eigenvalue weighted by molar-refractivity contribution is -0.120. The van der Waals surface area contributed by atoms with E-state index in [1.807, 2.05) is 92.0 Å². The molecule has 0 spiro atoms. The number of nitrogens with zero attached hydrogens (tertiary/aromatic N) is 2. The van der Waals surface area contributed by atoms with Gasteiger partial charge in [-0.3, -0.25) is 9.79 Å². The predicted molar refractivity (Wildman–Crippen MR) is 156 cm³/mol. The van der Waals surface area contributed by atoms with Crippen molar-refractivity contribution in [3.05, 3.63) is 131 Å². The van der Waals surface area contributed by atoms with Gasteiger partial charge in [-0.25, -0.2) is 4.79 Å². The molecule has 0 saturated heterocycles. The molecule has 1 aliphatic heterocycles.